The number of hydrogen-bond acceptors (Lipinski definition) is 3. The van der Waals surface area contributed by atoms with Crippen LogP contribution in [0.1, 0.15) is 38.2 Å². The van der Waals surface area contributed by atoms with Crippen LogP contribution in [-0.2, 0) is 6.54 Å². The summed E-state index contributed by atoms with van der Waals surface area (Å²) in [6.45, 7) is 4.13. The van der Waals surface area contributed by atoms with Gasteiger partial charge in [0.2, 0.25) is 0 Å². The summed E-state index contributed by atoms with van der Waals surface area (Å²) >= 11 is 0. The first-order chi connectivity index (χ1) is 9.77. The molecule has 4 heteroatoms. The fraction of sp³-hybridized carbons (Fsp3) is 0.625. The van der Waals surface area contributed by atoms with Gasteiger partial charge < -0.3 is 15.3 Å². The highest BCUT2D eigenvalue weighted by atomic mass is 19.1. The van der Waals surface area contributed by atoms with E-state index in [9.17, 15) is 9.50 Å². The molecule has 0 heterocycles. The molecule has 0 radical (unpaired) electrons. The number of nitrogens with zero attached hydrogens (tertiary/aromatic N) is 1. The second-order valence-corrected chi connectivity index (χ2v) is 5.38. The third-order valence-corrected chi connectivity index (χ3v) is 4.03. The second-order valence-electron chi connectivity index (χ2n) is 5.38. The molecule has 0 saturated heterocycles. The fourth-order valence-electron chi connectivity index (χ4n) is 3.08. The van der Waals surface area contributed by atoms with Crippen LogP contribution < -0.4 is 10.2 Å². The molecule has 1 fully saturated rings. The predicted octanol–water partition coefficient (Wildman–Crippen LogP) is 2.68. The Bertz CT molecular complexity index is 419. The van der Waals surface area contributed by atoms with E-state index in [1.807, 2.05) is 13.0 Å². The molecule has 3 nitrogen and oxygen atoms in total. The molecule has 0 unspecified atom stereocenters. The molecular formula is C16H25FN2O. The van der Waals surface area contributed by atoms with Gasteiger partial charge in [-0.2, -0.15) is 0 Å². The summed E-state index contributed by atoms with van der Waals surface area (Å²) in [5.41, 5.74) is 1.65. The van der Waals surface area contributed by atoms with E-state index >= 15 is 0 Å². The minimum atomic E-state index is -0.180. The van der Waals surface area contributed by atoms with E-state index in [-0.39, 0.29) is 12.4 Å². The number of nitrogens with one attached hydrogen (secondary N) is 1. The molecule has 1 aromatic carbocycles. The van der Waals surface area contributed by atoms with Gasteiger partial charge in [-0.1, -0.05) is 31.9 Å². The summed E-state index contributed by atoms with van der Waals surface area (Å²) in [5.74, 6) is -0.180. The lowest BCUT2D eigenvalue weighted by atomic mass is 10.1. The van der Waals surface area contributed by atoms with Gasteiger partial charge >= 0.3 is 0 Å². The number of para-hydroxylation sites is 1. The molecule has 2 N–H and O–H groups in total. The highest BCUT2D eigenvalue weighted by Crippen LogP contribution is 2.32. The predicted molar refractivity (Wildman–Crippen MR) is 80.5 cm³/mol. The molecule has 0 aromatic heterocycles. The summed E-state index contributed by atoms with van der Waals surface area (Å²) in [6.07, 6.45) is 4.58. The van der Waals surface area contributed by atoms with Gasteiger partial charge in [0.25, 0.3) is 0 Å². The minimum absolute atomic E-state index is 0.0610. The van der Waals surface area contributed by atoms with Crippen molar-refractivity contribution in [3.05, 3.63) is 29.6 Å². The van der Waals surface area contributed by atoms with Crippen molar-refractivity contribution in [3.8, 4) is 0 Å². The van der Waals surface area contributed by atoms with Gasteiger partial charge in [0.15, 0.2) is 0 Å². The zero-order valence-corrected chi connectivity index (χ0v) is 12.2. The summed E-state index contributed by atoms with van der Waals surface area (Å²) in [6, 6.07) is 5.61. The highest BCUT2D eigenvalue weighted by molar-refractivity contribution is 5.56. The van der Waals surface area contributed by atoms with E-state index in [0.29, 0.717) is 24.8 Å². The quantitative estimate of drug-likeness (QED) is 0.806. The maximum atomic E-state index is 14.4. The molecule has 2 rings (SSSR count). The lowest BCUT2D eigenvalue weighted by molar-refractivity contribution is 0.296. The van der Waals surface area contributed by atoms with Crippen molar-refractivity contribution in [2.75, 3.05) is 24.6 Å². The molecule has 0 bridgehead atoms. The van der Waals surface area contributed by atoms with Gasteiger partial charge in [0.05, 0.1) is 12.3 Å². The van der Waals surface area contributed by atoms with Crippen LogP contribution in [0, 0.1) is 5.82 Å². The first-order valence-corrected chi connectivity index (χ1v) is 7.63. The monoisotopic (exact) mass is 280 g/mol. The summed E-state index contributed by atoms with van der Waals surface area (Å²) in [4.78, 5) is 2.08. The van der Waals surface area contributed by atoms with Gasteiger partial charge in [-0.05, 0) is 31.0 Å². The summed E-state index contributed by atoms with van der Waals surface area (Å²) in [5, 5.41) is 12.6. The van der Waals surface area contributed by atoms with Crippen LogP contribution in [-0.4, -0.2) is 30.8 Å². The summed E-state index contributed by atoms with van der Waals surface area (Å²) < 4.78 is 14.4. The van der Waals surface area contributed by atoms with E-state index in [0.717, 1.165) is 24.9 Å². The molecule has 1 saturated carbocycles. The Hall–Kier alpha value is -1.13. The lowest BCUT2D eigenvalue weighted by Gasteiger charge is -2.32. The van der Waals surface area contributed by atoms with Crippen molar-refractivity contribution in [1.82, 2.24) is 5.32 Å². The molecule has 20 heavy (non-hydrogen) atoms. The van der Waals surface area contributed by atoms with Crippen LogP contribution in [0.2, 0.25) is 0 Å². The van der Waals surface area contributed by atoms with Crippen molar-refractivity contribution >= 4 is 5.69 Å². The Kier molecular flexibility index (Phi) is 5.80. The van der Waals surface area contributed by atoms with E-state index in [2.05, 4.69) is 10.2 Å². The maximum absolute atomic E-state index is 14.4. The van der Waals surface area contributed by atoms with Gasteiger partial charge in [-0.3, -0.25) is 0 Å². The van der Waals surface area contributed by atoms with Gasteiger partial charge in [-0.25, -0.2) is 4.39 Å². The molecule has 112 valence electrons. The Morgan fingerprint density at radius 3 is 2.75 bits per heavy atom. The van der Waals surface area contributed by atoms with Crippen LogP contribution in [0.5, 0.6) is 0 Å². The first kappa shape index (κ1) is 15.3. The number of hydrogen-bond donors (Lipinski definition) is 2. The third kappa shape index (κ3) is 3.49. The number of rotatable bonds is 7. The van der Waals surface area contributed by atoms with Crippen LogP contribution in [0.3, 0.4) is 0 Å². The lowest BCUT2D eigenvalue weighted by Crippen LogP contribution is -2.37. The van der Waals surface area contributed by atoms with Crippen molar-refractivity contribution in [2.45, 2.75) is 45.2 Å². The highest BCUT2D eigenvalue weighted by Gasteiger charge is 2.26. The standard InChI is InChI=1S/C16H25FN2O/c1-2-18-12-13-6-5-9-15(17)16(13)19(10-11-20)14-7-3-4-8-14/h5-6,9,14,18,20H,2-4,7-8,10-12H2,1H3. The zero-order chi connectivity index (χ0) is 14.4. The zero-order valence-electron chi connectivity index (χ0n) is 12.2. The molecule has 1 aromatic rings. The van der Waals surface area contributed by atoms with Gasteiger partial charge in [0, 0.05) is 19.1 Å². The van der Waals surface area contributed by atoms with E-state index in [1.54, 1.807) is 6.07 Å². The van der Waals surface area contributed by atoms with Crippen LogP contribution in [0.25, 0.3) is 0 Å². The van der Waals surface area contributed by atoms with Crippen molar-refractivity contribution in [2.24, 2.45) is 0 Å². The molecule has 1 aliphatic rings. The van der Waals surface area contributed by atoms with Crippen molar-refractivity contribution in [1.29, 1.82) is 0 Å². The average Bonchev–Trinajstić information content (AvgIpc) is 2.97. The number of halogens is 1. The Morgan fingerprint density at radius 1 is 1.35 bits per heavy atom. The van der Waals surface area contributed by atoms with Crippen LogP contribution >= 0.6 is 0 Å². The Balaban J connectivity index is 2.29. The van der Waals surface area contributed by atoms with E-state index in [4.69, 9.17) is 0 Å². The summed E-state index contributed by atoms with van der Waals surface area (Å²) in [7, 11) is 0. The maximum Gasteiger partial charge on any atom is 0.146 e. The van der Waals surface area contributed by atoms with Gasteiger partial charge in [0.1, 0.15) is 5.82 Å². The topological polar surface area (TPSA) is 35.5 Å². The van der Waals surface area contributed by atoms with E-state index < -0.39 is 0 Å². The number of aliphatic hydroxyl groups excluding tert-OH is 1. The molecule has 1 aliphatic carbocycles. The van der Waals surface area contributed by atoms with Gasteiger partial charge in [-0.15, -0.1) is 0 Å². The largest absolute Gasteiger partial charge is 0.395 e. The number of benzene rings is 1. The molecule has 0 aliphatic heterocycles. The smallest absolute Gasteiger partial charge is 0.146 e. The first-order valence-electron chi connectivity index (χ1n) is 7.63. The van der Waals surface area contributed by atoms with E-state index in [1.165, 1.54) is 18.9 Å². The minimum Gasteiger partial charge on any atom is -0.395 e. The number of anilines is 1. The normalized spacial score (nSPS) is 15.8. The average molecular weight is 280 g/mol. The molecule has 0 spiro atoms. The molecule has 0 amide bonds. The third-order valence-electron chi connectivity index (χ3n) is 4.03. The molecular weight excluding hydrogens is 255 g/mol. The fourth-order valence-corrected chi connectivity index (χ4v) is 3.08. The second kappa shape index (κ2) is 7.60. The van der Waals surface area contributed by atoms with Crippen LogP contribution in [0.15, 0.2) is 18.2 Å². The Labute approximate surface area is 120 Å². The molecule has 0 atom stereocenters. The SMILES string of the molecule is CCNCc1cccc(F)c1N(CCO)C1CCCC1. The van der Waals surface area contributed by atoms with Crippen molar-refractivity contribution in [3.63, 3.8) is 0 Å². The Morgan fingerprint density at radius 2 is 2.10 bits per heavy atom. The van der Waals surface area contributed by atoms with Crippen molar-refractivity contribution < 1.29 is 9.50 Å². The number of aliphatic hydroxyl groups is 1. The van der Waals surface area contributed by atoms with Crippen LogP contribution in [0.4, 0.5) is 10.1 Å².